The molecule has 2 atom stereocenters. The fourth-order valence-electron chi connectivity index (χ4n) is 2.05. The Morgan fingerprint density at radius 1 is 1.23 bits per heavy atom. The van der Waals surface area contributed by atoms with Crippen molar-refractivity contribution in [1.82, 2.24) is 10.3 Å². The molecule has 2 rings (SSSR count). The molecule has 0 radical (unpaired) electrons. The number of aliphatic hydroxyl groups is 2. The number of ether oxygens (including phenoxy) is 1. The van der Waals surface area contributed by atoms with Crippen LogP contribution in [-0.4, -0.2) is 45.0 Å². The molecule has 0 spiro atoms. The normalized spacial score (nSPS) is 12.9. The summed E-state index contributed by atoms with van der Waals surface area (Å²) in [7, 11) is 0. The van der Waals surface area contributed by atoms with Gasteiger partial charge in [0.15, 0.2) is 5.82 Å². The van der Waals surface area contributed by atoms with Crippen LogP contribution in [0.1, 0.15) is 27.7 Å². The summed E-state index contributed by atoms with van der Waals surface area (Å²) in [6.07, 6.45) is -3.29. The molecule has 1 aromatic carbocycles. The van der Waals surface area contributed by atoms with Gasteiger partial charge in [-0.3, -0.25) is 4.98 Å². The number of amides is 1. The number of aromatic carboxylic acids is 1. The summed E-state index contributed by atoms with van der Waals surface area (Å²) >= 11 is 0. The van der Waals surface area contributed by atoms with Gasteiger partial charge in [-0.2, -0.15) is 0 Å². The Balaban J connectivity index is 1.86. The van der Waals surface area contributed by atoms with Crippen molar-refractivity contribution in [3.05, 3.63) is 65.2 Å². The van der Waals surface area contributed by atoms with Crippen LogP contribution in [0.15, 0.2) is 42.6 Å². The molecule has 1 aromatic heterocycles. The van der Waals surface area contributed by atoms with Crippen molar-refractivity contribution in [2.75, 3.05) is 6.54 Å². The lowest BCUT2D eigenvalue weighted by molar-refractivity contribution is 0.0158. The van der Waals surface area contributed by atoms with Gasteiger partial charge in [0.05, 0.1) is 17.5 Å². The van der Waals surface area contributed by atoms with Crippen molar-refractivity contribution in [1.29, 1.82) is 0 Å². The number of aromatic nitrogens is 1. The number of nitrogens with zero attached hydrogens (tertiary/aromatic N) is 1. The zero-order valence-corrected chi connectivity index (χ0v) is 13.5. The molecule has 8 nitrogen and oxygen atoms in total. The summed E-state index contributed by atoms with van der Waals surface area (Å²) in [4.78, 5) is 26.0. The summed E-state index contributed by atoms with van der Waals surface area (Å²) < 4.78 is 18.2. The fraction of sp³-hybridized carbons (Fsp3) is 0.235. The van der Waals surface area contributed by atoms with E-state index in [0.717, 1.165) is 11.6 Å². The van der Waals surface area contributed by atoms with E-state index < -0.39 is 35.7 Å². The van der Waals surface area contributed by atoms with Gasteiger partial charge in [0.25, 0.3) is 0 Å². The smallest absolute Gasteiger partial charge is 0.407 e. The standard InChI is InChI=1S/C17H17FN2O6/c18-12-7-19-13(6-11(12)16(23)24)15(22)14(21)8-20-17(25)26-9-10-4-2-1-3-5-10/h1-7,14-15,21-22H,8-9H2,(H,20,25)(H,23,24). The maximum absolute atomic E-state index is 13.3. The van der Waals surface area contributed by atoms with Crippen molar-refractivity contribution in [3.8, 4) is 0 Å². The number of nitrogens with one attached hydrogen (secondary N) is 1. The fourth-order valence-corrected chi connectivity index (χ4v) is 2.05. The van der Waals surface area contributed by atoms with E-state index in [2.05, 4.69) is 10.3 Å². The van der Waals surface area contributed by atoms with E-state index in [4.69, 9.17) is 9.84 Å². The Hall–Kier alpha value is -3.04. The first-order valence-electron chi connectivity index (χ1n) is 7.58. The third kappa shape index (κ3) is 5.23. The number of alkyl carbamates (subject to hydrolysis) is 1. The number of aliphatic hydroxyl groups excluding tert-OH is 2. The second-order valence-electron chi connectivity index (χ2n) is 5.35. The third-order valence-corrected chi connectivity index (χ3v) is 3.44. The molecule has 0 aliphatic carbocycles. The molecule has 1 amide bonds. The zero-order valence-electron chi connectivity index (χ0n) is 13.5. The average Bonchev–Trinajstić information content (AvgIpc) is 2.64. The Morgan fingerprint density at radius 2 is 1.92 bits per heavy atom. The minimum Gasteiger partial charge on any atom is -0.478 e. The van der Waals surface area contributed by atoms with E-state index >= 15 is 0 Å². The highest BCUT2D eigenvalue weighted by molar-refractivity contribution is 5.87. The van der Waals surface area contributed by atoms with Crippen molar-refractivity contribution >= 4 is 12.1 Å². The molecule has 9 heteroatoms. The molecule has 0 saturated heterocycles. The van der Waals surface area contributed by atoms with Crippen LogP contribution in [0.2, 0.25) is 0 Å². The number of carbonyl (C=O) groups is 2. The van der Waals surface area contributed by atoms with Gasteiger partial charge in [0.2, 0.25) is 0 Å². The Kier molecular flexibility index (Phi) is 6.59. The molecule has 2 aromatic rings. The summed E-state index contributed by atoms with van der Waals surface area (Å²) in [5.74, 6) is -2.60. The van der Waals surface area contributed by atoms with Crippen molar-refractivity contribution < 1.29 is 34.0 Å². The molecule has 0 aliphatic rings. The molecule has 4 N–H and O–H groups in total. The van der Waals surface area contributed by atoms with E-state index in [-0.39, 0.29) is 18.8 Å². The lowest BCUT2D eigenvalue weighted by Crippen LogP contribution is -2.36. The van der Waals surface area contributed by atoms with Gasteiger partial charge >= 0.3 is 12.1 Å². The first-order valence-corrected chi connectivity index (χ1v) is 7.58. The van der Waals surface area contributed by atoms with Crippen LogP contribution in [0.5, 0.6) is 0 Å². The third-order valence-electron chi connectivity index (χ3n) is 3.44. The molecule has 0 fully saturated rings. The van der Waals surface area contributed by atoms with Gasteiger partial charge < -0.3 is 25.4 Å². The predicted molar refractivity (Wildman–Crippen MR) is 86.8 cm³/mol. The first kappa shape index (κ1) is 19.3. The van der Waals surface area contributed by atoms with E-state index in [1.54, 1.807) is 24.3 Å². The SMILES string of the molecule is O=C(NCC(O)C(O)c1cc(C(=O)O)c(F)cn1)OCc1ccccc1. The minimum atomic E-state index is -1.62. The topological polar surface area (TPSA) is 129 Å². The average molecular weight is 364 g/mol. The highest BCUT2D eigenvalue weighted by atomic mass is 19.1. The molecular weight excluding hydrogens is 347 g/mol. The van der Waals surface area contributed by atoms with Gasteiger partial charge in [-0.25, -0.2) is 14.0 Å². The highest BCUT2D eigenvalue weighted by Gasteiger charge is 2.23. The predicted octanol–water partition coefficient (Wildman–Crippen LogP) is 1.24. The Morgan fingerprint density at radius 3 is 2.58 bits per heavy atom. The number of hydrogen-bond acceptors (Lipinski definition) is 6. The van der Waals surface area contributed by atoms with Crippen LogP contribution in [0, 0.1) is 5.82 Å². The van der Waals surface area contributed by atoms with Gasteiger partial charge in [-0.15, -0.1) is 0 Å². The monoisotopic (exact) mass is 364 g/mol. The molecule has 2 unspecified atom stereocenters. The summed E-state index contributed by atoms with van der Waals surface area (Å²) in [5, 5.41) is 31.0. The van der Waals surface area contributed by atoms with Crippen molar-refractivity contribution in [3.63, 3.8) is 0 Å². The molecule has 0 saturated carbocycles. The number of pyridine rings is 1. The second kappa shape index (κ2) is 8.88. The largest absolute Gasteiger partial charge is 0.478 e. The number of carbonyl (C=O) groups excluding carboxylic acids is 1. The van der Waals surface area contributed by atoms with Crippen molar-refractivity contribution in [2.24, 2.45) is 0 Å². The lowest BCUT2D eigenvalue weighted by Gasteiger charge is -2.18. The Labute approximate surface area is 147 Å². The summed E-state index contributed by atoms with van der Waals surface area (Å²) in [6, 6.07) is 9.76. The molecule has 1 heterocycles. The van der Waals surface area contributed by atoms with Crippen LogP contribution >= 0.6 is 0 Å². The Bertz CT molecular complexity index is 771. The minimum absolute atomic E-state index is 0.0345. The van der Waals surface area contributed by atoms with E-state index in [1.807, 2.05) is 6.07 Å². The quantitative estimate of drug-likeness (QED) is 0.582. The number of rotatable bonds is 7. The lowest BCUT2D eigenvalue weighted by atomic mass is 10.1. The number of benzene rings is 1. The number of halogens is 1. The zero-order chi connectivity index (χ0) is 19.1. The highest BCUT2D eigenvalue weighted by Crippen LogP contribution is 2.17. The molecule has 26 heavy (non-hydrogen) atoms. The number of carboxylic acid groups (broad SMARTS) is 1. The number of carboxylic acids is 1. The van der Waals surface area contributed by atoms with Crippen molar-refractivity contribution in [2.45, 2.75) is 18.8 Å². The van der Waals surface area contributed by atoms with Crippen LogP contribution in [-0.2, 0) is 11.3 Å². The maximum Gasteiger partial charge on any atom is 0.407 e. The van der Waals surface area contributed by atoms with Crippen LogP contribution in [0.4, 0.5) is 9.18 Å². The summed E-state index contributed by atoms with van der Waals surface area (Å²) in [5.41, 5.74) is -0.146. The maximum atomic E-state index is 13.3. The van der Waals surface area contributed by atoms with Gasteiger partial charge in [-0.1, -0.05) is 30.3 Å². The van der Waals surface area contributed by atoms with E-state index in [0.29, 0.717) is 6.20 Å². The second-order valence-corrected chi connectivity index (χ2v) is 5.35. The van der Waals surface area contributed by atoms with Crippen LogP contribution in [0.3, 0.4) is 0 Å². The molecular formula is C17H17FN2O6. The van der Waals surface area contributed by atoms with E-state index in [1.165, 1.54) is 0 Å². The molecule has 0 bridgehead atoms. The van der Waals surface area contributed by atoms with Gasteiger partial charge in [0.1, 0.15) is 18.8 Å². The van der Waals surface area contributed by atoms with Gasteiger partial charge in [0, 0.05) is 6.54 Å². The van der Waals surface area contributed by atoms with E-state index in [9.17, 15) is 24.2 Å². The van der Waals surface area contributed by atoms with Crippen LogP contribution < -0.4 is 5.32 Å². The first-order chi connectivity index (χ1) is 12.4. The molecule has 138 valence electrons. The van der Waals surface area contributed by atoms with Crippen LogP contribution in [0.25, 0.3) is 0 Å². The van der Waals surface area contributed by atoms with Gasteiger partial charge in [-0.05, 0) is 11.6 Å². The summed E-state index contributed by atoms with van der Waals surface area (Å²) in [6.45, 7) is -0.344. The number of hydrogen-bond donors (Lipinski definition) is 4. The molecule has 0 aliphatic heterocycles.